The third kappa shape index (κ3) is 4.72. The van der Waals surface area contributed by atoms with Gasteiger partial charge in [-0.15, -0.1) is 0 Å². The second kappa shape index (κ2) is 9.10. The van der Waals surface area contributed by atoms with Crippen molar-refractivity contribution in [1.29, 1.82) is 0 Å². The Kier molecular flexibility index (Phi) is 6.34. The molecule has 1 atom stereocenters. The molecule has 0 bridgehead atoms. The van der Waals surface area contributed by atoms with Gasteiger partial charge in [0.15, 0.2) is 0 Å². The number of nitro benzene ring substituents is 1. The lowest BCUT2D eigenvalue weighted by Crippen LogP contribution is -2.06. The van der Waals surface area contributed by atoms with Crippen LogP contribution in [0, 0.1) is 10.1 Å². The minimum absolute atomic E-state index is 0.0954. The summed E-state index contributed by atoms with van der Waals surface area (Å²) < 4.78 is 16.7. The Balaban J connectivity index is 1.89. The van der Waals surface area contributed by atoms with Gasteiger partial charge >= 0.3 is 5.69 Å². The normalized spacial score (nSPS) is 11.5. The van der Waals surface area contributed by atoms with Crippen LogP contribution in [0.15, 0.2) is 72.8 Å². The molecule has 1 unspecified atom stereocenters. The van der Waals surface area contributed by atoms with Crippen LogP contribution < -0.4 is 14.2 Å². The number of hydrogen-bond acceptors (Lipinski definition) is 5. The summed E-state index contributed by atoms with van der Waals surface area (Å²) in [7, 11) is 1.46. The molecule has 28 heavy (non-hydrogen) atoms. The molecular weight excluding hydrogens is 382 g/mol. The third-order valence-corrected chi connectivity index (χ3v) is 4.30. The van der Waals surface area contributed by atoms with E-state index in [9.17, 15) is 10.1 Å². The number of nitrogens with zero attached hydrogens (tertiary/aromatic N) is 1. The molecule has 144 valence electrons. The number of rotatable bonds is 8. The largest absolute Gasteiger partial charge is 0.496 e. The van der Waals surface area contributed by atoms with Crippen LogP contribution in [0.3, 0.4) is 0 Å². The molecule has 3 rings (SSSR count). The lowest BCUT2D eigenvalue weighted by atomic mass is 10.1. The average molecular weight is 400 g/mol. The lowest BCUT2D eigenvalue weighted by Gasteiger charge is -2.17. The minimum Gasteiger partial charge on any atom is -0.496 e. The summed E-state index contributed by atoms with van der Waals surface area (Å²) in [6.45, 7) is 0.189. The molecule has 6 nitrogen and oxygen atoms in total. The molecule has 0 aromatic heterocycles. The van der Waals surface area contributed by atoms with Crippen molar-refractivity contribution < 1.29 is 19.1 Å². The fourth-order valence-corrected chi connectivity index (χ4v) is 2.87. The fraction of sp³-hybridized carbons (Fsp3) is 0.143. The Morgan fingerprint density at radius 3 is 2.25 bits per heavy atom. The van der Waals surface area contributed by atoms with E-state index >= 15 is 0 Å². The zero-order valence-electron chi connectivity index (χ0n) is 15.1. The predicted molar refractivity (Wildman–Crippen MR) is 106 cm³/mol. The van der Waals surface area contributed by atoms with Gasteiger partial charge in [-0.2, -0.15) is 0 Å². The summed E-state index contributed by atoms with van der Waals surface area (Å²) in [5, 5.41) is 11.6. The maximum Gasteiger partial charge on any atom is 0.311 e. The van der Waals surface area contributed by atoms with E-state index in [1.807, 2.05) is 36.4 Å². The molecule has 0 amide bonds. The molecule has 3 aromatic rings. The average Bonchev–Trinajstić information content (AvgIpc) is 2.72. The SMILES string of the molecule is COc1cc(OCc2ccccc2)c([N+](=O)[O-])cc1C(Cl)Oc1ccccc1. The lowest BCUT2D eigenvalue weighted by molar-refractivity contribution is -0.386. The second-order valence-corrected chi connectivity index (χ2v) is 6.24. The Hall–Kier alpha value is -3.25. The van der Waals surface area contributed by atoms with E-state index in [2.05, 4.69) is 0 Å². The number of methoxy groups -OCH3 is 1. The third-order valence-electron chi connectivity index (χ3n) is 3.97. The van der Waals surface area contributed by atoms with Gasteiger partial charge in [-0.25, -0.2) is 0 Å². The van der Waals surface area contributed by atoms with Crippen LogP contribution in [0.5, 0.6) is 17.2 Å². The highest BCUT2D eigenvalue weighted by Crippen LogP contribution is 2.40. The van der Waals surface area contributed by atoms with E-state index in [1.54, 1.807) is 24.3 Å². The van der Waals surface area contributed by atoms with Gasteiger partial charge in [-0.05, 0) is 17.7 Å². The summed E-state index contributed by atoms with van der Waals surface area (Å²) in [5.74, 6) is 0.972. The van der Waals surface area contributed by atoms with Crippen LogP contribution in [0.4, 0.5) is 5.69 Å². The molecule has 0 aliphatic heterocycles. The van der Waals surface area contributed by atoms with E-state index in [0.29, 0.717) is 17.1 Å². The molecule has 0 aliphatic carbocycles. The molecule has 0 N–H and O–H groups in total. The highest BCUT2D eigenvalue weighted by atomic mass is 35.5. The summed E-state index contributed by atoms with van der Waals surface area (Å²) >= 11 is 6.36. The monoisotopic (exact) mass is 399 g/mol. The standard InChI is InChI=1S/C21H18ClNO5/c1-26-19-13-20(27-14-15-8-4-2-5-9-15)18(23(24)25)12-17(19)21(22)28-16-10-6-3-7-11-16/h2-13,21H,14H2,1H3. The Morgan fingerprint density at radius 2 is 1.64 bits per heavy atom. The number of benzene rings is 3. The maximum atomic E-state index is 11.6. The van der Waals surface area contributed by atoms with Crippen LogP contribution >= 0.6 is 11.6 Å². The number of halogens is 1. The van der Waals surface area contributed by atoms with Gasteiger partial charge in [-0.1, -0.05) is 60.1 Å². The number of hydrogen-bond donors (Lipinski definition) is 0. The summed E-state index contributed by atoms with van der Waals surface area (Å²) in [4.78, 5) is 11.0. The van der Waals surface area contributed by atoms with Gasteiger partial charge in [0.05, 0.1) is 17.6 Å². The van der Waals surface area contributed by atoms with Crippen molar-refractivity contribution >= 4 is 17.3 Å². The van der Waals surface area contributed by atoms with E-state index < -0.39 is 10.5 Å². The highest BCUT2D eigenvalue weighted by Gasteiger charge is 2.25. The maximum absolute atomic E-state index is 11.6. The van der Waals surface area contributed by atoms with Crippen LogP contribution in [0.1, 0.15) is 16.7 Å². The van der Waals surface area contributed by atoms with Gasteiger partial charge in [0.25, 0.3) is 0 Å². The topological polar surface area (TPSA) is 70.8 Å². The number of nitro groups is 1. The van der Waals surface area contributed by atoms with Gasteiger partial charge in [0, 0.05) is 12.1 Å². The Bertz CT molecular complexity index is 934. The quantitative estimate of drug-likeness (QED) is 0.284. The number of alkyl halides is 1. The van der Waals surface area contributed by atoms with E-state index in [1.165, 1.54) is 19.2 Å². The van der Waals surface area contributed by atoms with Crippen LogP contribution in [0.2, 0.25) is 0 Å². The highest BCUT2D eigenvalue weighted by molar-refractivity contribution is 6.20. The molecule has 0 aliphatic rings. The van der Waals surface area contributed by atoms with Crippen molar-refractivity contribution in [2.24, 2.45) is 0 Å². The van der Waals surface area contributed by atoms with Crippen molar-refractivity contribution in [3.8, 4) is 17.2 Å². The molecule has 0 heterocycles. The van der Waals surface area contributed by atoms with Crippen LogP contribution in [-0.2, 0) is 6.61 Å². The van der Waals surface area contributed by atoms with E-state index in [4.69, 9.17) is 25.8 Å². The summed E-state index contributed by atoms with van der Waals surface area (Å²) in [6.07, 6.45) is 0. The molecule has 0 fully saturated rings. The first kappa shape index (κ1) is 19.5. The minimum atomic E-state index is -0.973. The van der Waals surface area contributed by atoms with Crippen LogP contribution in [0.25, 0.3) is 0 Å². The first-order valence-corrected chi connectivity index (χ1v) is 8.91. The molecular formula is C21H18ClNO5. The van der Waals surface area contributed by atoms with Gasteiger partial charge in [0.2, 0.25) is 11.3 Å². The molecule has 0 saturated heterocycles. The van der Waals surface area contributed by atoms with Crippen molar-refractivity contribution in [3.63, 3.8) is 0 Å². The molecule has 0 radical (unpaired) electrons. The predicted octanol–water partition coefficient (Wildman–Crippen LogP) is 5.50. The molecule has 0 saturated carbocycles. The zero-order valence-corrected chi connectivity index (χ0v) is 15.8. The first-order chi connectivity index (χ1) is 13.6. The molecule has 3 aromatic carbocycles. The molecule has 7 heteroatoms. The van der Waals surface area contributed by atoms with Crippen molar-refractivity contribution in [1.82, 2.24) is 0 Å². The fourth-order valence-electron chi connectivity index (χ4n) is 2.60. The zero-order chi connectivity index (χ0) is 19.9. The summed E-state index contributed by atoms with van der Waals surface area (Å²) in [5.41, 5.74) is 0.0440. The van der Waals surface area contributed by atoms with Crippen molar-refractivity contribution in [2.75, 3.05) is 7.11 Å². The van der Waals surface area contributed by atoms with Gasteiger partial charge in [-0.3, -0.25) is 10.1 Å². The van der Waals surface area contributed by atoms with Crippen molar-refractivity contribution in [2.45, 2.75) is 12.2 Å². The van der Waals surface area contributed by atoms with Gasteiger partial charge < -0.3 is 14.2 Å². The van der Waals surface area contributed by atoms with E-state index in [-0.39, 0.29) is 18.0 Å². The molecule has 0 spiro atoms. The number of ether oxygens (including phenoxy) is 3. The Labute approximate surface area is 167 Å². The smallest absolute Gasteiger partial charge is 0.311 e. The van der Waals surface area contributed by atoms with Crippen molar-refractivity contribution in [3.05, 3.63) is 94.0 Å². The first-order valence-electron chi connectivity index (χ1n) is 8.47. The Morgan fingerprint density at radius 1 is 1.00 bits per heavy atom. The summed E-state index contributed by atoms with van der Waals surface area (Å²) in [6, 6.07) is 21.1. The number of para-hydroxylation sites is 1. The van der Waals surface area contributed by atoms with Crippen LogP contribution in [-0.4, -0.2) is 12.0 Å². The van der Waals surface area contributed by atoms with E-state index in [0.717, 1.165) is 5.56 Å². The van der Waals surface area contributed by atoms with Gasteiger partial charge in [0.1, 0.15) is 18.1 Å². The second-order valence-electron chi connectivity index (χ2n) is 5.84.